The number of nitrogens with zero attached hydrogens (tertiary/aromatic N) is 1. The first-order valence-corrected chi connectivity index (χ1v) is 9.44. The van der Waals surface area contributed by atoms with E-state index in [9.17, 15) is 0 Å². The van der Waals surface area contributed by atoms with E-state index in [2.05, 4.69) is 47.7 Å². The highest BCUT2D eigenvalue weighted by Gasteiger charge is 2.13. The van der Waals surface area contributed by atoms with Crippen molar-refractivity contribution in [2.45, 2.75) is 46.1 Å². The van der Waals surface area contributed by atoms with Crippen molar-refractivity contribution in [3.05, 3.63) is 29.3 Å². The number of rotatable bonds is 9. The van der Waals surface area contributed by atoms with E-state index < -0.39 is 0 Å². The smallest absolute Gasteiger partial charge is 0.190 e. The highest BCUT2D eigenvalue weighted by atomic mass is 127. The Hall–Kier alpha value is -1.02. The number of hydrogen-bond donors (Lipinski definition) is 2. The zero-order valence-corrected chi connectivity index (χ0v) is 18.8. The van der Waals surface area contributed by atoms with Crippen LogP contribution < -0.4 is 15.4 Å². The van der Waals surface area contributed by atoms with Gasteiger partial charge < -0.3 is 20.1 Å². The van der Waals surface area contributed by atoms with Crippen molar-refractivity contribution in [1.29, 1.82) is 0 Å². The number of fused-ring (bicyclic) bond motifs is 1. The number of guanidine groups is 1. The Bertz CT molecular complexity index is 564. The van der Waals surface area contributed by atoms with E-state index in [4.69, 9.17) is 9.47 Å². The fourth-order valence-electron chi connectivity index (χ4n) is 3.10. The van der Waals surface area contributed by atoms with Crippen molar-refractivity contribution < 1.29 is 9.47 Å². The topological polar surface area (TPSA) is 54.9 Å². The third-order valence-electron chi connectivity index (χ3n) is 4.53. The Morgan fingerprint density at radius 3 is 2.73 bits per heavy atom. The molecule has 1 aromatic carbocycles. The Morgan fingerprint density at radius 1 is 1.27 bits per heavy atom. The summed E-state index contributed by atoms with van der Waals surface area (Å²) in [6.07, 6.45) is 3.28. The number of aliphatic imine (C=N–C) groups is 1. The average Bonchev–Trinajstić information content (AvgIpc) is 3.07. The van der Waals surface area contributed by atoms with E-state index in [1.54, 1.807) is 0 Å². The molecule has 0 aromatic heterocycles. The summed E-state index contributed by atoms with van der Waals surface area (Å²) in [5.74, 6) is 2.42. The van der Waals surface area contributed by atoms with Crippen molar-refractivity contribution in [3.8, 4) is 5.75 Å². The standard InChI is InChI=1S/C20H33N3O2.HI/c1-5-24-18(15(2)3)9-12-23-20(21-4)22-11-8-16-6-7-19-17(14-16)10-13-25-19;/h6-7,14-15,18H,5,8-13H2,1-4H3,(H2,21,22,23);1H. The van der Waals surface area contributed by atoms with E-state index >= 15 is 0 Å². The van der Waals surface area contributed by atoms with Crippen molar-refractivity contribution >= 4 is 29.9 Å². The lowest BCUT2D eigenvalue weighted by molar-refractivity contribution is 0.0258. The maximum atomic E-state index is 5.78. The summed E-state index contributed by atoms with van der Waals surface area (Å²) in [7, 11) is 1.81. The summed E-state index contributed by atoms with van der Waals surface area (Å²) in [6, 6.07) is 6.50. The second-order valence-corrected chi connectivity index (χ2v) is 6.74. The molecule has 0 radical (unpaired) electrons. The van der Waals surface area contributed by atoms with Crippen LogP contribution in [-0.2, 0) is 17.6 Å². The van der Waals surface area contributed by atoms with Gasteiger partial charge in [-0.15, -0.1) is 24.0 Å². The molecule has 0 aliphatic carbocycles. The molecule has 0 saturated carbocycles. The molecule has 1 aromatic rings. The molecule has 1 aliphatic heterocycles. The molecule has 148 valence electrons. The molecule has 0 amide bonds. The summed E-state index contributed by atoms with van der Waals surface area (Å²) in [5, 5.41) is 6.77. The minimum absolute atomic E-state index is 0. The highest BCUT2D eigenvalue weighted by Crippen LogP contribution is 2.25. The first-order chi connectivity index (χ1) is 12.1. The van der Waals surface area contributed by atoms with Crippen molar-refractivity contribution in [2.24, 2.45) is 10.9 Å². The number of nitrogens with one attached hydrogen (secondary N) is 2. The lowest BCUT2D eigenvalue weighted by Gasteiger charge is -2.21. The van der Waals surface area contributed by atoms with Gasteiger partial charge in [-0.3, -0.25) is 4.99 Å². The Kier molecular flexibility index (Phi) is 11.0. The summed E-state index contributed by atoms with van der Waals surface area (Å²) in [6.45, 7) is 9.75. The van der Waals surface area contributed by atoms with Gasteiger partial charge in [0.1, 0.15) is 5.75 Å². The second kappa shape index (κ2) is 12.4. The van der Waals surface area contributed by atoms with Crippen molar-refractivity contribution in [3.63, 3.8) is 0 Å². The quantitative estimate of drug-likeness (QED) is 0.327. The number of benzene rings is 1. The van der Waals surface area contributed by atoms with Crippen LogP contribution in [0.5, 0.6) is 5.75 Å². The Labute approximate surface area is 175 Å². The Morgan fingerprint density at radius 2 is 2.04 bits per heavy atom. The van der Waals surface area contributed by atoms with Crippen molar-refractivity contribution in [2.75, 3.05) is 33.4 Å². The summed E-state index contributed by atoms with van der Waals surface area (Å²) < 4.78 is 11.3. The lowest BCUT2D eigenvalue weighted by Crippen LogP contribution is -2.40. The van der Waals surface area contributed by atoms with Gasteiger partial charge >= 0.3 is 0 Å². The zero-order valence-electron chi connectivity index (χ0n) is 16.5. The largest absolute Gasteiger partial charge is 0.493 e. The number of hydrogen-bond acceptors (Lipinski definition) is 3. The maximum Gasteiger partial charge on any atom is 0.190 e. The molecule has 0 fully saturated rings. The zero-order chi connectivity index (χ0) is 18.1. The molecule has 1 atom stereocenters. The van der Waals surface area contributed by atoms with Gasteiger partial charge in [-0.2, -0.15) is 0 Å². The molecule has 0 saturated heterocycles. The first kappa shape index (κ1) is 23.0. The van der Waals surface area contributed by atoms with E-state index in [0.29, 0.717) is 12.0 Å². The highest BCUT2D eigenvalue weighted by molar-refractivity contribution is 14.0. The Balaban J connectivity index is 0.00000338. The first-order valence-electron chi connectivity index (χ1n) is 9.44. The van der Waals surface area contributed by atoms with Gasteiger partial charge in [0.25, 0.3) is 0 Å². The molecule has 5 nitrogen and oxygen atoms in total. The molecule has 1 unspecified atom stereocenters. The van der Waals surface area contributed by atoms with Gasteiger partial charge in [0.05, 0.1) is 12.7 Å². The molecule has 6 heteroatoms. The minimum atomic E-state index is 0. The predicted molar refractivity (Wildman–Crippen MR) is 119 cm³/mol. The normalized spacial score (nSPS) is 14.4. The van der Waals surface area contributed by atoms with Gasteiger partial charge in [0, 0.05) is 33.2 Å². The van der Waals surface area contributed by atoms with E-state index in [-0.39, 0.29) is 24.0 Å². The molecule has 2 rings (SSSR count). The van der Waals surface area contributed by atoms with Gasteiger partial charge in [-0.1, -0.05) is 26.0 Å². The summed E-state index contributed by atoms with van der Waals surface area (Å²) in [4.78, 5) is 4.30. The van der Waals surface area contributed by atoms with Gasteiger partial charge in [-0.05, 0) is 42.9 Å². The number of ether oxygens (including phenoxy) is 2. The monoisotopic (exact) mass is 475 g/mol. The number of halogens is 1. The molecule has 2 N–H and O–H groups in total. The summed E-state index contributed by atoms with van der Waals surface area (Å²) >= 11 is 0. The predicted octanol–water partition coefficient (Wildman–Crippen LogP) is 3.40. The van der Waals surface area contributed by atoms with E-state index in [1.807, 2.05) is 14.0 Å². The van der Waals surface area contributed by atoms with Crippen LogP contribution in [0.25, 0.3) is 0 Å². The SMILES string of the molecule is CCOC(CCNC(=NC)NCCc1ccc2c(c1)CCO2)C(C)C.I. The van der Waals surface area contributed by atoms with E-state index in [0.717, 1.165) is 57.3 Å². The average molecular weight is 475 g/mol. The fourth-order valence-corrected chi connectivity index (χ4v) is 3.10. The second-order valence-electron chi connectivity index (χ2n) is 6.74. The molecule has 0 spiro atoms. The maximum absolute atomic E-state index is 5.78. The van der Waals surface area contributed by atoms with Crippen LogP contribution in [0.3, 0.4) is 0 Å². The molecular formula is C20H34IN3O2. The third kappa shape index (κ3) is 7.31. The lowest BCUT2D eigenvalue weighted by atomic mass is 10.0. The fraction of sp³-hybridized carbons (Fsp3) is 0.650. The van der Waals surface area contributed by atoms with Crippen molar-refractivity contribution in [1.82, 2.24) is 10.6 Å². The van der Waals surface area contributed by atoms with Crippen LogP contribution in [0.2, 0.25) is 0 Å². The van der Waals surface area contributed by atoms with Crippen LogP contribution in [0.1, 0.15) is 38.3 Å². The molecule has 1 heterocycles. The molecular weight excluding hydrogens is 441 g/mol. The van der Waals surface area contributed by atoms with Gasteiger partial charge in [-0.25, -0.2) is 0 Å². The molecule has 26 heavy (non-hydrogen) atoms. The third-order valence-corrected chi connectivity index (χ3v) is 4.53. The molecule has 1 aliphatic rings. The van der Waals surface area contributed by atoms with Crippen LogP contribution in [-0.4, -0.2) is 45.4 Å². The minimum Gasteiger partial charge on any atom is -0.493 e. The van der Waals surface area contributed by atoms with Crippen LogP contribution in [0.15, 0.2) is 23.2 Å². The van der Waals surface area contributed by atoms with Gasteiger partial charge in [0.2, 0.25) is 0 Å². The molecule has 0 bridgehead atoms. The summed E-state index contributed by atoms with van der Waals surface area (Å²) in [5.41, 5.74) is 2.67. The van der Waals surface area contributed by atoms with Gasteiger partial charge in [0.15, 0.2) is 5.96 Å². The van der Waals surface area contributed by atoms with Crippen LogP contribution in [0.4, 0.5) is 0 Å². The van der Waals surface area contributed by atoms with E-state index in [1.165, 1.54) is 11.1 Å². The van der Waals surface area contributed by atoms with Crippen LogP contribution in [0, 0.1) is 5.92 Å². The van der Waals surface area contributed by atoms with Crippen LogP contribution >= 0.6 is 24.0 Å².